The maximum Gasteiger partial charge on any atom is 0.249 e. The molecule has 1 saturated heterocycles. The van der Waals surface area contributed by atoms with Crippen molar-refractivity contribution in [2.75, 3.05) is 26.3 Å². The van der Waals surface area contributed by atoms with Gasteiger partial charge in [0.1, 0.15) is 0 Å². The molecule has 31 heavy (non-hydrogen) atoms. The van der Waals surface area contributed by atoms with Gasteiger partial charge in [0.05, 0.1) is 13.2 Å². The number of carbonyl (C=O) groups is 2. The summed E-state index contributed by atoms with van der Waals surface area (Å²) < 4.78 is 5.40. The summed E-state index contributed by atoms with van der Waals surface area (Å²) in [4.78, 5) is 27.3. The number of hydrogen-bond acceptors (Lipinski definition) is 3. The Kier molecular flexibility index (Phi) is 5.32. The third-order valence-corrected chi connectivity index (χ3v) is 7.00. The highest BCUT2D eigenvalue weighted by Gasteiger charge is 2.35. The van der Waals surface area contributed by atoms with Gasteiger partial charge in [-0.1, -0.05) is 29.3 Å². The second-order valence-electron chi connectivity index (χ2n) is 8.56. The Labute approximate surface area is 186 Å². The zero-order valence-corrected chi connectivity index (χ0v) is 18.1. The number of hydrogen-bond donors (Lipinski definition) is 1. The molecule has 6 heteroatoms. The Balaban J connectivity index is 1.49. The fourth-order valence-electron chi connectivity index (χ4n) is 5.11. The molecule has 2 aromatic rings. The third kappa shape index (κ3) is 3.77. The van der Waals surface area contributed by atoms with Crippen molar-refractivity contribution < 1.29 is 14.3 Å². The Morgan fingerprint density at radius 3 is 2.52 bits per heavy atom. The molecule has 2 amide bonds. The maximum atomic E-state index is 13.1. The van der Waals surface area contributed by atoms with Crippen molar-refractivity contribution in [3.05, 3.63) is 63.7 Å². The van der Waals surface area contributed by atoms with Crippen LogP contribution >= 0.6 is 11.6 Å². The summed E-state index contributed by atoms with van der Waals surface area (Å²) in [6.45, 7) is 2.57. The smallest absolute Gasteiger partial charge is 0.249 e. The van der Waals surface area contributed by atoms with Gasteiger partial charge in [-0.15, -0.1) is 0 Å². The van der Waals surface area contributed by atoms with E-state index < -0.39 is 5.91 Å². The summed E-state index contributed by atoms with van der Waals surface area (Å²) in [5.74, 6) is -0.195. The number of halogens is 1. The van der Waals surface area contributed by atoms with Crippen LogP contribution in [0.1, 0.15) is 40.7 Å². The van der Waals surface area contributed by atoms with E-state index in [1.54, 1.807) is 0 Å². The number of benzene rings is 2. The van der Waals surface area contributed by atoms with Crippen LogP contribution in [0.2, 0.25) is 5.02 Å². The first-order valence-corrected chi connectivity index (χ1v) is 11.2. The van der Waals surface area contributed by atoms with Gasteiger partial charge in [0.15, 0.2) is 0 Å². The molecular formula is C25H25ClN2O3. The van der Waals surface area contributed by atoms with Crippen molar-refractivity contribution in [1.82, 2.24) is 4.90 Å². The summed E-state index contributed by atoms with van der Waals surface area (Å²) >= 11 is 6.05. The van der Waals surface area contributed by atoms with Gasteiger partial charge in [0, 0.05) is 29.6 Å². The highest BCUT2D eigenvalue weighted by molar-refractivity contribution is 6.30. The van der Waals surface area contributed by atoms with Gasteiger partial charge in [0.2, 0.25) is 11.8 Å². The molecular weight excluding hydrogens is 412 g/mol. The second-order valence-corrected chi connectivity index (χ2v) is 8.99. The van der Waals surface area contributed by atoms with Gasteiger partial charge in [-0.2, -0.15) is 0 Å². The lowest BCUT2D eigenvalue weighted by molar-refractivity contribution is -0.139. The Morgan fingerprint density at radius 1 is 1.06 bits per heavy atom. The van der Waals surface area contributed by atoms with Gasteiger partial charge >= 0.3 is 0 Å². The van der Waals surface area contributed by atoms with E-state index in [0.29, 0.717) is 36.9 Å². The normalized spacial score (nSPS) is 20.4. The highest BCUT2D eigenvalue weighted by atomic mass is 35.5. The van der Waals surface area contributed by atoms with Crippen LogP contribution in [0.5, 0.6) is 0 Å². The second kappa shape index (κ2) is 8.13. The molecule has 1 unspecified atom stereocenters. The zero-order valence-electron chi connectivity index (χ0n) is 17.3. The monoisotopic (exact) mass is 436 g/mol. The Hall–Kier alpha value is -2.63. The van der Waals surface area contributed by atoms with Crippen molar-refractivity contribution in [2.24, 2.45) is 11.7 Å². The number of ether oxygens (including phenoxy) is 1. The molecule has 0 bridgehead atoms. The molecule has 0 saturated carbocycles. The van der Waals surface area contributed by atoms with Gasteiger partial charge in [-0.05, 0) is 77.8 Å². The standard InChI is InChI=1S/C25H25ClN2O3/c26-19-5-3-15(4-6-19)18-13-21-20-12-17(25(30)28-7-9-31-10-8-28)2-1-16(20)11-22(21)23(14-18)24(27)29/h3-6,13-14,17H,1-2,7-12H2,(H2,27,29). The molecule has 160 valence electrons. The lowest BCUT2D eigenvalue weighted by Gasteiger charge is -2.32. The average molecular weight is 437 g/mol. The van der Waals surface area contributed by atoms with E-state index in [1.807, 2.05) is 35.2 Å². The lowest BCUT2D eigenvalue weighted by Crippen LogP contribution is -2.44. The molecule has 1 atom stereocenters. The number of morpholine rings is 1. The lowest BCUT2D eigenvalue weighted by atomic mass is 9.82. The molecule has 5 nitrogen and oxygen atoms in total. The Bertz CT molecular complexity index is 1080. The van der Waals surface area contributed by atoms with Crippen LogP contribution in [0.15, 0.2) is 42.0 Å². The third-order valence-electron chi connectivity index (χ3n) is 6.75. The molecule has 2 aliphatic carbocycles. The molecule has 3 aliphatic rings. The van der Waals surface area contributed by atoms with Crippen LogP contribution < -0.4 is 5.73 Å². The van der Waals surface area contributed by atoms with Crippen LogP contribution in [-0.2, 0) is 16.0 Å². The molecule has 0 radical (unpaired) electrons. The van der Waals surface area contributed by atoms with Crippen molar-refractivity contribution in [3.63, 3.8) is 0 Å². The first-order chi connectivity index (χ1) is 15.0. The minimum atomic E-state index is -0.409. The van der Waals surface area contributed by atoms with Crippen molar-refractivity contribution >= 4 is 29.0 Å². The first-order valence-electron chi connectivity index (χ1n) is 10.8. The Morgan fingerprint density at radius 2 is 1.81 bits per heavy atom. The van der Waals surface area contributed by atoms with Crippen molar-refractivity contribution in [3.8, 4) is 11.1 Å². The molecule has 0 aromatic heterocycles. The van der Waals surface area contributed by atoms with Crippen LogP contribution in [-0.4, -0.2) is 43.0 Å². The van der Waals surface area contributed by atoms with Gasteiger partial charge in [-0.25, -0.2) is 0 Å². The minimum Gasteiger partial charge on any atom is -0.378 e. The molecule has 1 fully saturated rings. The van der Waals surface area contributed by atoms with Crippen LogP contribution in [0, 0.1) is 5.92 Å². The molecule has 2 aromatic carbocycles. The zero-order chi connectivity index (χ0) is 21.5. The summed E-state index contributed by atoms with van der Waals surface area (Å²) in [7, 11) is 0. The van der Waals surface area contributed by atoms with E-state index in [-0.39, 0.29) is 11.8 Å². The molecule has 1 heterocycles. The number of nitrogens with two attached hydrogens (primary N) is 1. The molecule has 2 N–H and O–H groups in total. The number of amides is 2. The fourth-order valence-corrected chi connectivity index (χ4v) is 5.24. The number of nitrogens with zero attached hydrogens (tertiary/aromatic N) is 1. The largest absolute Gasteiger partial charge is 0.378 e. The number of primary amides is 1. The van der Waals surface area contributed by atoms with E-state index in [4.69, 9.17) is 22.1 Å². The minimum absolute atomic E-state index is 0.0148. The summed E-state index contributed by atoms with van der Waals surface area (Å²) in [5, 5.41) is 0.668. The van der Waals surface area contributed by atoms with E-state index in [1.165, 1.54) is 11.1 Å². The van der Waals surface area contributed by atoms with Crippen molar-refractivity contribution in [2.45, 2.75) is 25.7 Å². The highest BCUT2D eigenvalue weighted by Crippen LogP contribution is 2.46. The number of carbonyl (C=O) groups excluding carboxylic acids is 2. The van der Waals surface area contributed by atoms with Crippen molar-refractivity contribution in [1.29, 1.82) is 0 Å². The van der Waals surface area contributed by atoms with Crippen LogP contribution in [0.4, 0.5) is 0 Å². The molecule has 5 rings (SSSR count). The maximum absolute atomic E-state index is 13.1. The van der Waals surface area contributed by atoms with E-state index in [0.717, 1.165) is 47.9 Å². The van der Waals surface area contributed by atoms with Gasteiger partial charge < -0.3 is 15.4 Å². The van der Waals surface area contributed by atoms with Gasteiger partial charge in [0.25, 0.3) is 0 Å². The quantitative estimate of drug-likeness (QED) is 0.788. The molecule has 0 spiro atoms. The number of rotatable bonds is 3. The predicted octanol–water partition coefficient (Wildman–Crippen LogP) is 4.07. The van der Waals surface area contributed by atoms with Crippen LogP contribution in [0.25, 0.3) is 16.7 Å². The van der Waals surface area contributed by atoms with E-state index in [2.05, 4.69) is 6.07 Å². The fraction of sp³-hybridized carbons (Fsp3) is 0.360. The molecule has 1 aliphatic heterocycles. The van der Waals surface area contributed by atoms with Crippen LogP contribution in [0.3, 0.4) is 0 Å². The number of allylic oxidation sites excluding steroid dienone is 2. The average Bonchev–Trinajstić information content (AvgIpc) is 3.16. The SMILES string of the molecule is NC(=O)c1cc(-c2ccc(Cl)cc2)cc2c1CC1=C2CC(C(=O)N2CCOCC2)CC1. The van der Waals surface area contributed by atoms with Gasteiger partial charge in [-0.3, -0.25) is 9.59 Å². The summed E-state index contributed by atoms with van der Waals surface area (Å²) in [6.07, 6.45) is 3.22. The predicted molar refractivity (Wildman–Crippen MR) is 121 cm³/mol. The van der Waals surface area contributed by atoms with E-state index in [9.17, 15) is 9.59 Å². The van der Waals surface area contributed by atoms with E-state index >= 15 is 0 Å². The topological polar surface area (TPSA) is 72.6 Å². The number of fused-ring (bicyclic) bond motifs is 2. The summed E-state index contributed by atoms with van der Waals surface area (Å²) in [6, 6.07) is 11.6. The first kappa shape index (κ1) is 20.3. The summed E-state index contributed by atoms with van der Waals surface area (Å²) in [5.41, 5.74) is 12.9.